The molecule has 0 aromatic heterocycles. The first-order valence-corrected chi connectivity index (χ1v) is 4.05. The monoisotopic (exact) mass is 228 g/mol. The second-order valence-corrected chi connectivity index (χ2v) is 2.82. The van der Waals surface area contributed by atoms with Crippen molar-refractivity contribution in [2.45, 2.75) is 0 Å². The molecule has 1 aromatic rings. The predicted octanol–water partition coefficient (Wildman–Crippen LogP) is 1.52. The Morgan fingerprint density at radius 2 is 1.81 bits per heavy atom. The smallest absolute Gasteiger partial charge is 0.376 e. The first-order valence-electron chi connectivity index (χ1n) is 4.05. The van der Waals surface area contributed by atoms with Crippen molar-refractivity contribution < 1.29 is 28.6 Å². The molecule has 0 fully saturated rings. The zero-order valence-corrected chi connectivity index (χ0v) is 7.78. The molecule has 6 heteroatoms. The van der Waals surface area contributed by atoms with Crippen LogP contribution in [-0.4, -0.2) is 22.0 Å². The summed E-state index contributed by atoms with van der Waals surface area (Å²) in [5, 5.41) is 17.5. The number of rotatable bonds is 3. The largest absolute Gasteiger partial charge is 0.507 e. The van der Waals surface area contributed by atoms with Gasteiger partial charge in [-0.2, -0.15) is 0 Å². The van der Waals surface area contributed by atoms with E-state index in [9.17, 15) is 23.5 Å². The predicted molar refractivity (Wildman–Crippen MR) is 49.6 cm³/mol. The van der Waals surface area contributed by atoms with Gasteiger partial charge in [-0.05, 0) is 12.1 Å². The molecule has 0 unspecified atom stereocenters. The zero-order chi connectivity index (χ0) is 12.3. The topological polar surface area (TPSA) is 74.6 Å². The summed E-state index contributed by atoms with van der Waals surface area (Å²) in [5.41, 5.74) is -0.448. The highest BCUT2D eigenvalue weighted by atomic mass is 19.1. The summed E-state index contributed by atoms with van der Waals surface area (Å²) in [6, 6.07) is 2.27. The molecular formula is C10H6F2O4. The van der Waals surface area contributed by atoms with Gasteiger partial charge < -0.3 is 10.2 Å². The zero-order valence-electron chi connectivity index (χ0n) is 7.78. The molecule has 0 heterocycles. The Morgan fingerprint density at radius 3 is 2.31 bits per heavy atom. The van der Waals surface area contributed by atoms with Crippen molar-refractivity contribution in [2.75, 3.05) is 0 Å². The molecule has 0 aliphatic carbocycles. The lowest BCUT2D eigenvalue weighted by Gasteiger charge is -2.01. The minimum Gasteiger partial charge on any atom is -0.507 e. The maximum Gasteiger partial charge on any atom is 0.376 e. The van der Waals surface area contributed by atoms with E-state index in [2.05, 4.69) is 0 Å². The van der Waals surface area contributed by atoms with E-state index in [1.54, 1.807) is 0 Å². The van der Waals surface area contributed by atoms with Gasteiger partial charge in [-0.3, -0.25) is 4.79 Å². The van der Waals surface area contributed by atoms with Gasteiger partial charge in [-0.15, -0.1) is 0 Å². The lowest BCUT2D eigenvalue weighted by molar-refractivity contribution is -0.146. The second-order valence-electron chi connectivity index (χ2n) is 2.82. The molecule has 0 spiro atoms. The van der Waals surface area contributed by atoms with Crippen LogP contribution in [0, 0.1) is 11.6 Å². The summed E-state index contributed by atoms with van der Waals surface area (Å²) >= 11 is 0. The maximum absolute atomic E-state index is 13.1. The lowest BCUT2D eigenvalue weighted by Crippen LogP contribution is -2.09. The number of hydrogen-bond acceptors (Lipinski definition) is 3. The fourth-order valence-electron chi connectivity index (χ4n) is 0.961. The van der Waals surface area contributed by atoms with Gasteiger partial charge in [0.2, 0.25) is 0 Å². The number of carboxylic acid groups (broad SMARTS) is 1. The van der Waals surface area contributed by atoms with Crippen molar-refractivity contribution in [1.29, 1.82) is 0 Å². The molecule has 0 aliphatic heterocycles. The van der Waals surface area contributed by atoms with Crippen molar-refractivity contribution in [2.24, 2.45) is 0 Å². The number of ketones is 1. The van der Waals surface area contributed by atoms with E-state index >= 15 is 0 Å². The molecule has 0 saturated heterocycles. The van der Waals surface area contributed by atoms with E-state index in [0.717, 1.165) is 12.1 Å². The number of aliphatic hydroxyl groups excluding tert-OH is 1. The first kappa shape index (κ1) is 11.8. The van der Waals surface area contributed by atoms with Crippen LogP contribution in [0.2, 0.25) is 0 Å². The van der Waals surface area contributed by atoms with Crippen LogP contribution in [0.3, 0.4) is 0 Å². The van der Waals surface area contributed by atoms with Crippen LogP contribution in [0.4, 0.5) is 8.78 Å². The van der Waals surface area contributed by atoms with Gasteiger partial charge in [0, 0.05) is 12.1 Å². The van der Waals surface area contributed by atoms with E-state index < -0.39 is 34.7 Å². The summed E-state index contributed by atoms with van der Waals surface area (Å²) in [6.07, 6.45) is 0.346. The Kier molecular flexibility index (Phi) is 3.34. The third-order valence-electron chi connectivity index (χ3n) is 1.69. The third kappa shape index (κ3) is 2.63. The molecule has 1 rings (SSSR count). The molecule has 0 bridgehead atoms. The first-order chi connectivity index (χ1) is 7.41. The maximum atomic E-state index is 13.1. The van der Waals surface area contributed by atoms with Gasteiger partial charge in [0.05, 0.1) is 5.56 Å². The van der Waals surface area contributed by atoms with Crippen molar-refractivity contribution in [3.8, 4) is 0 Å². The number of benzene rings is 1. The average molecular weight is 228 g/mol. The standard InChI is InChI=1S/C10H6F2O4/c11-5-1-2-6(7(12)3-5)8(13)4-9(14)10(15)16/h1-4,13H,(H,15,16). The minimum atomic E-state index is -1.78. The van der Waals surface area contributed by atoms with Crippen molar-refractivity contribution >= 4 is 17.5 Å². The van der Waals surface area contributed by atoms with E-state index in [-0.39, 0.29) is 0 Å². The number of aliphatic carboxylic acids is 1. The SMILES string of the molecule is O=C(O)C(=O)C=C(O)c1ccc(F)cc1F. The minimum absolute atomic E-state index is 0.346. The number of halogens is 2. The molecule has 4 nitrogen and oxygen atoms in total. The van der Waals surface area contributed by atoms with Gasteiger partial charge in [-0.25, -0.2) is 13.6 Å². The Balaban J connectivity index is 3.10. The quantitative estimate of drug-likeness (QED) is 0.467. The molecule has 16 heavy (non-hydrogen) atoms. The van der Waals surface area contributed by atoms with Crippen molar-refractivity contribution in [1.82, 2.24) is 0 Å². The van der Waals surface area contributed by atoms with E-state index in [1.165, 1.54) is 0 Å². The van der Waals surface area contributed by atoms with E-state index in [4.69, 9.17) is 5.11 Å². The van der Waals surface area contributed by atoms with Crippen molar-refractivity contribution in [3.05, 3.63) is 41.5 Å². The summed E-state index contributed by atoms with van der Waals surface area (Å²) in [6.45, 7) is 0. The molecule has 84 valence electrons. The van der Waals surface area contributed by atoms with Gasteiger partial charge in [0.25, 0.3) is 5.78 Å². The van der Waals surface area contributed by atoms with Crippen LogP contribution >= 0.6 is 0 Å². The number of aliphatic hydroxyl groups is 1. The fraction of sp³-hybridized carbons (Fsp3) is 0. The highest BCUT2D eigenvalue weighted by Crippen LogP contribution is 2.16. The molecule has 0 saturated carbocycles. The molecule has 2 N–H and O–H groups in total. The van der Waals surface area contributed by atoms with Crippen molar-refractivity contribution in [3.63, 3.8) is 0 Å². The molecule has 0 amide bonds. The average Bonchev–Trinajstić information content (AvgIpc) is 2.16. The fourth-order valence-corrected chi connectivity index (χ4v) is 0.961. The van der Waals surface area contributed by atoms with Gasteiger partial charge in [0.1, 0.15) is 17.4 Å². The van der Waals surface area contributed by atoms with Crippen LogP contribution in [0.15, 0.2) is 24.3 Å². The van der Waals surface area contributed by atoms with Gasteiger partial charge >= 0.3 is 5.97 Å². The second kappa shape index (κ2) is 4.52. The number of hydrogen-bond donors (Lipinski definition) is 2. The molecule has 0 aliphatic rings. The number of carboxylic acids is 1. The lowest BCUT2D eigenvalue weighted by atomic mass is 10.1. The summed E-state index contributed by atoms with van der Waals surface area (Å²) in [5.74, 6) is -5.99. The van der Waals surface area contributed by atoms with E-state index in [0.29, 0.717) is 12.1 Å². The molecule has 1 aromatic carbocycles. The normalized spacial score (nSPS) is 11.2. The highest BCUT2D eigenvalue weighted by molar-refractivity contribution is 6.38. The summed E-state index contributed by atoms with van der Waals surface area (Å²) in [4.78, 5) is 20.8. The summed E-state index contributed by atoms with van der Waals surface area (Å²) in [7, 11) is 0. The highest BCUT2D eigenvalue weighted by Gasteiger charge is 2.13. The van der Waals surface area contributed by atoms with Crippen LogP contribution in [0.5, 0.6) is 0 Å². The molecule has 0 radical (unpaired) electrons. The number of carbonyl (C=O) groups excluding carboxylic acids is 1. The van der Waals surface area contributed by atoms with Gasteiger partial charge in [-0.1, -0.05) is 0 Å². The summed E-state index contributed by atoms with van der Waals surface area (Å²) < 4.78 is 25.6. The van der Waals surface area contributed by atoms with Gasteiger partial charge in [0.15, 0.2) is 0 Å². The third-order valence-corrected chi connectivity index (χ3v) is 1.69. The van der Waals surface area contributed by atoms with Crippen LogP contribution in [0.25, 0.3) is 5.76 Å². The Labute approximate surface area is 88.4 Å². The Bertz CT molecular complexity index is 480. The molecular weight excluding hydrogens is 222 g/mol. The Hall–Kier alpha value is -2.24. The van der Waals surface area contributed by atoms with Crippen LogP contribution < -0.4 is 0 Å². The molecule has 0 atom stereocenters. The van der Waals surface area contributed by atoms with Crippen LogP contribution in [-0.2, 0) is 9.59 Å². The number of carbonyl (C=O) groups is 2. The Morgan fingerprint density at radius 1 is 1.19 bits per heavy atom. The van der Waals surface area contributed by atoms with E-state index in [1.807, 2.05) is 0 Å². The van der Waals surface area contributed by atoms with Crippen LogP contribution in [0.1, 0.15) is 5.56 Å².